The largest absolute Gasteiger partial charge is 0.329 e. The molecule has 1 amide bonds. The number of nitrogens with one attached hydrogen (secondary N) is 2. The van der Waals surface area contributed by atoms with Crippen LogP contribution in [0.1, 0.15) is 0 Å². The van der Waals surface area contributed by atoms with Crippen molar-refractivity contribution in [3.8, 4) is 0 Å². The lowest BCUT2D eigenvalue weighted by atomic mass is 10.3. The van der Waals surface area contributed by atoms with Crippen molar-refractivity contribution in [2.24, 2.45) is 0 Å². The van der Waals surface area contributed by atoms with Crippen LogP contribution >= 0.6 is 35.0 Å². The zero-order valence-corrected chi connectivity index (χ0v) is 15.4. The van der Waals surface area contributed by atoms with Crippen LogP contribution in [-0.4, -0.2) is 31.8 Å². The molecule has 3 nitrogen and oxygen atoms in total. The minimum atomic E-state index is -0.239. The van der Waals surface area contributed by atoms with Gasteiger partial charge in [0.05, 0.1) is 29.3 Å². The quantitative estimate of drug-likeness (QED) is 0.714. The lowest BCUT2D eigenvalue weighted by Crippen LogP contribution is -3.10. The minimum Gasteiger partial charge on any atom is -0.329 e. The Morgan fingerprint density at radius 2 is 1.79 bits per heavy atom. The molecule has 2 aromatic rings. The van der Waals surface area contributed by atoms with Gasteiger partial charge in [-0.25, -0.2) is 4.39 Å². The van der Waals surface area contributed by atoms with Crippen LogP contribution in [0.25, 0.3) is 0 Å². The van der Waals surface area contributed by atoms with Gasteiger partial charge < -0.3 is 10.2 Å². The fourth-order valence-corrected chi connectivity index (χ4v) is 3.54. The first-order chi connectivity index (χ1) is 11.5. The molecule has 2 rings (SSSR count). The van der Waals surface area contributed by atoms with Gasteiger partial charge in [-0.2, -0.15) is 0 Å². The van der Waals surface area contributed by atoms with E-state index in [2.05, 4.69) is 5.32 Å². The molecule has 0 spiro atoms. The number of anilines is 1. The first-order valence-corrected chi connectivity index (χ1v) is 9.13. The molecule has 128 valence electrons. The number of likely N-dealkylation sites (N-methyl/N-ethyl adjacent to an activating group) is 1. The standard InChI is InChI=1S/C17H17Cl2FN2OS/c1-22(9-10-24-13-7-5-12(20)6-8-13)11-16(23)21-17-14(18)3-2-4-15(17)19/h2-8H,9-11H2,1H3,(H,21,23)/p+1. The molecule has 0 radical (unpaired) electrons. The van der Waals surface area contributed by atoms with Crippen molar-refractivity contribution in [3.05, 3.63) is 58.3 Å². The molecule has 2 N–H and O–H groups in total. The topological polar surface area (TPSA) is 33.5 Å². The lowest BCUT2D eigenvalue weighted by molar-refractivity contribution is -0.868. The van der Waals surface area contributed by atoms with Gasteiger partial charge in [-0.3, -0.25) is 4.79 Å². The summed E-state index contributed by atoms with van der Waals surface area (Å²) < 4.78 is 12.8. The SMILES string of the molecule is C[NH+](CCSc1ccc(F)cc1)CC(=O)Nc1c(Cl)cccc1Cl. The number of quaternary nitrogens is 1. The van der Waals surface area contributed by atoms with E-state index in [9.17, 15) is 9.18 Å². The van der Waals surface area contributed by atoms with Crippen molar-refractivity contribution in [1.82, 2.24) is 0 Å². The smallest absolute Gasteiger partial charge is 0.279 e. The molecule has 24 heavy (non-hydrogen) atoms. The highest BCUT2D eigenvalue weighted by atomic mass is 35.5. The van der Waals surface area contributed by atoms with Crippen molar-refractivity contribution in [2.45, 2.75) is 4.90 Å². The normalized spacial score (nSPS) is 12.0. The average molecular weight is 388 g/mol. The van der Waals surface area contributed by atoms with Crippen molar-refractivity contribution < 1.29 is 14.1 Å². The van der Waals surface area contributed by atoms with E-state index in [4.69, 9.17) is 23.2 Å². The second-order valence-corrected chi connectivity index (χ2v) is 7.31. The third-order valence-corrected chi connectivity index (χ3v) is 4.94. The first kappa shape index (κ1) is 19.1. The van der Waals surface area contributed by atoms with Gasteiger partial charge in [0, 0.05) is 10.6 Å². The Kier molecular flexibility index (Phi) is 7.37. The summed E-state index contributed by atoms with van der Waals surface area (Å²) in [5.74, 6) is 0.448. The summed E-state index contributed by atoms with van der Waals surface area (Å²) in [5.41, 5.74) is 0.444. The molecule has 0 saturated heterocycles. The van der Waals surface area contributed by atoms with E-state index < -0.39 is 0 Å². The van der Waals surface area contributed by atoms with Gasteiger partial charge in [0.1, 0.15) is 5.82 Å². The van der Waals surface area contributed by atoms with Gasteiger partial charge in [0.25, 0.3) is 5.91 Å². The molecule has 1 atom stereocenters. The second-order valence-electron chi connectivity index (χ2n) is 5.33. The summed E-state index contributed by atoms with van der Waals surface area (Å²) in [6, 6.07) is 11.5. The average Bonchev–Trinajstić information content (AvgIpc) is 2.53. The Labute approximate surface area is 155 Å². The van der Waals surface area contributed by atoms with E-state index in [1.54, 1.807) is 42.1 Å². The van der Waals surface area contributed by atoms with Crippen LogP contribution in [0.2, 0.25) is 10.0 Å². The van der Waals surface area contributed by atoms with E-state index in [0.29, 0.717) is 22.3 Å². The Balaban J connectivity index is 1.76. The number of halogens is 3. The van der Waals surface area contributed by atoms with Crippen LogP contribution in [-0.2, 0) is 4.79 Å². The molecule has 0 bridgehead atoms. The number of carbonyl (C=O) groups is 1. The van der Waals surface area contributed by atoms with Gasteiger partial charge in [0.15, 0.2) is 6.54 Å². The Bertz CT molecular complexity index is 677. The summed E-state index contributed by atoms with van der Waals surface area (Å²) in [6.45, 7) is 1.11. The highest BCUT2D eigenvalue weighted by Gasteiger charge is 2.13. The molecule has 0 saturated carbocycles. The van der Waals surface area contributed by atoms with E-state index >= 15 is 0 Å². The fourth-order valence-electron chi connectivity index (χ4n) is 2.04. The number of thioether (sulfide) groups is 1. The van der Waals surface area contributed by atoms with Crippen LogP contribution in [0.5, 0.6) is 0 Å². The summed E-state index contributed by atoms with van der Waals surface area (Å²) in [7, 11) is 1.94. The number of amides is 1. The number of benzene rings is 2. The van der Waals surface area contributed by atoms with Crippen LogP contribution < -0.4 is 10.2 Å². The zero-order valence-electron chi connectivity index (χ0n) is 13.1. The fraction of sp³-hybridized carbons (Fsp3) is 0.235. The van der Waals surface area contributed by atoms with Gasteiger partial charge in [-0.15, -0.1) is 11.8 Å². The second kappa shape index (κ2) is 9.28. The van der Waals surface area contributed by atoms with Crippen LogP contribution in [0.4, 0.5) is 10.1 Å². The van der Waals surface area contributed by atoms with Crippen LogP contribution in [0, 0.1) is 5.82 Å². The van der Waals surface area contributed by atoms with Crippen molar-refractivity contribution in [2.75, 3.05) is 31.2 Å². The molecule has 1 unspecified atom stereocenters. The monoisotopic (exact) mass is 387 g/mol. The molecule has 0 aliphatic carbocycles. The number of hydrogen-bond acceptors (Lipinski definition) is 2. The Morgan fingerprint density at radius 3 is 2.42 bits per heavy atom. The van der Waals surface area contributed by atoms with Gasteiger partial charge in [0.2, 0.25) is 0 Å². The molecule has 0 aliphatic rings. The molecule has 0 fully saturated rings. The van der Waals surface area contributed by atoms with Gasteiger partial charge >= 0.3 is 0 Å². The van der Waals surface area contributed by atoms with E-state index in [1.165, 1.54) is 12.1 Å². The van der Waals surface area contributed by atoms with Crippen molar-refractivity contribution in [3.63, 3.8) is 0 Å². The van der Waals surface area contributed by atoms with Crippen molar-refractivity contribution >= 4 is 46.6 Å². The van der Waals surface area contributed by atoms with E-state index in [-0.39, 0.29) is 11.7 Å². The van der Waals surface area contributed by atoms with Crippen LogP contribution in [0.3, 0.4) is 0 Å². The van der Waals surface area contributed by atoms with Crippen molar-refractivity contribution in [1.29, 1.82) is 0 Å². The third kappa shape index (κ3) is 5.98. The highest BCUT2D eigenvalue weighted by molar-refractivity contribution is 7.99. The number of para-hydroxylation sites is 1. The molecule has 2 aromatic carbocycles. The maximum absolute atomic E-state index is 12.8. The molecule has 0 aromatic heterocycles. The summed E-state index contributed by atoms with van der Waals surface area (Å²) >= 11 is 13.7. The predicted molar refractivity (Wildman–Crippen MR) is 98.8 cm³/mol. The number of hydrogen-bond donors (Lipinski definition) is 2. The Morgan fingerprint density at radius 1 is 1.17 bits per heavy atom. The van der Waals surface area contributed by atoms with E-state index in [0.717, 1.165) is 22.1 Å². The summed E-state index contributed by atoms with van der Waals surface area (Å²) in [6.07, 6.45) is 0. The zero-order chi connectivity index (χ0) is 17.5. The maximum atomic E-state index is 12.8. The minimum absolute atomic E-state index is 0.144. The molecular formula is C17H18Cl2FN2OS+. The van der Waals surface area contributed by atoms with Crippen LogP contribution in [0.15, 0.2) is 47.4 Å². The maximum Gasteiger partial charge on any atom is 0.279 e. The molecule has 0 aliphatic heterocycles. The number of rotatable bonds is 7. The Hall–Kier alpha value is -1.27. The first-order valence-electron chi connectivity index (χ1n) is 7.39. The van der Waals surface area contributed by atoms with Gasteiger partial charge in [-0.05, 0) is 36.4 Å². The molecular weight excluding hydrogens is 370 g/mol. The third-order valence-electron chi connectivity index (χ3n) is 3.30. The highest BCUT2D eigenvalue weighted by Crippen LogP contribution is 2.29. The summed E-state index contributed by atoms with van der Waals surface area (Å²) in [5, 5.41) is 3.59. The summed E-state index contributed by atoms with van der Waals surface area (Å²) in [4.78, 5) is 14.2. The van der Waals surface area contributed by atoms with Gasteiger partial charge in [-0.1, -0.05) is 29.3 Å². The van der Waals surface area contributed by atoms with E-state index in [1.807, 2.05) is 7.05 Å². The lowest BCUT2D eigenvalue weighted by Gasteiger charge is -2.14. The molecule has 7 heteroatoms. The molecule has 0 heterocycles. The number of carbonyl (C=O) groups excluding carboxylic acids is 1. The predicted octanol–water partition coefficient (Wildman–Crippen LogP) is 3.38.